The second-order valence-electron chi connectivity index (χ2n) is 3.16. The lowest BCUT2D eigenvalue weighted by Crippen LogP contribution is -2.25. The van der Waals surface area contributed by atoms with E-state index >= 15 is 0 Å². The number of hydrogen-bond donors (Lipinski definition) is 1. The van der Waals surface area contributed by atoms with Crippen molar-refractivity contribution >= 4 is 0 Å². The summed E-state index contributed by atoms with van der Waals surface area (Å²) in [4.78, 5) is 0. The maximum atomic E-state index is 8.73. The lowest BCUT2D eigenvalue weighted by molar-refractivity contribution is 0.675. The van der Waals surface area contributed by atoms with Crippen molar-refractivity contribution in [1.29, 1.82) is 5.26 Å². The first-order valence-corrected chi connectivity index (χ1v) is 4.38. The third-order valence-electron chi connectivity index (χ3n) is 2.06. The van der Waals surface area contributed by atoms with E-state index in [1.54, 1.807) is 0 Å². The summed E-state index contributed by atoms with van der Waals surface area (Å²) in [5.41, 5.74) is 2.45. The first kappa shape index (κ1) is 9.76. The normalized spacial score (nSPS) is 12.1. The van der Waals surface area contributed by atoms with Crippen LogP contribution in [0.5, 0.6) is 0 Å². The van der Waals surface area contributed by atoms with E-state index in [1.807, 2.05) is 7.05 Å². The molecule has 2 nitrogen and oxygen atoms in total. The highest BCUT2D eigenvalue weighted by Gasteiger charge is 2.03. The smallest absolute Gasteiger partial charge is 0.0991 e. The molecule has 68 valence electrons. The molecule has 0 aliphatic rings. The van der Waals surface area contributed by atoms with E-state index in [0.717, 1.165) is 6.42 Å². The SMILES string of the molecule is CNC(C#N)Cc1ccc(C)cc1. The number of rotatable bonds is 3. The molecule has 1 aromatic carbocycles. The minimum atomic E-state index is -0.0808. The topological polar surface area (TPSA) is 35.8 Å². The highest BCUT2D eigenvalue weighted by Crippen LogP contribution is 2.05. The van der Waals surface area contributed by atoms with Crippen LogP contribution in [0.15, 0.2) is 24.3 Å². The zero-order chi connectivity index (χ0) is 9.68. The summed E-state index contributed by atoms with van der Waals surface area (Å²) < 4.78 is 0. The van der Waals surface area contributed by atoms with Gasteiger partial charge < -0.3 is 5.32 Å². The number of benzene rings is 1. The molecule has 1 unspecified atom stereocenters. The second-order valence-corrected chi connectivity index (χ2v) is 3.16. The maximum Gasteiger partial charge on any atom is 0.0991 e. The predicted octanol–water partition coefficient (Wildman–Crippen LogP) is 1.65. The Kier molecular flexibility index (Phi) is 3.48. The van der Waals surface area contributed by atoms with Gasteiger partial charge in [0.15, 0.2) is 0 Å². The number of nitriles is 1. The molecule has 1 aromatic rings. The number of hydrogen-bond acceptors (Lipinski definition) is 2. The lowest BCUT2D eigenvalue weighted by Gasteiger charge is -2.07. The van der Waals surface area contributed by atoms with Crippen molar-refractivity contribution in [3.63, 3.8) is 0 Å². The first-order valence-electron chi connectivity index (χ1n) is 4.38. The molecule has 2 heteroatoms. The Morgan fingerprint density at radius 3 is 2.46 bits per heavy atom. The Bertz CT molecular complexity index is 295. The minimum absolute atomic E-state index is 0.0808. The molecule has 13 heavy (non-hydrogen) atoms. The third-order valence-corrected chi connectivity index (χ3v) is 2.06. The molecule has 0 bridgehead atoms. The van der Waals surface area contributed by atoms with E-state index in [-0.39, 0.29) is 6.04 Å². The van der Waals surface area contributed by atoms with Crippen molar-refractivity contribution in [2.24, 2.45) is 0 Å². The van der Waals surface area contributed by atoms with Gasteiger partial charge in [-0.25, -0.2) is 0 Å². The largest absolute Gasteiger partial charge is 0.305 e. The van der Waals surface area contributed by atoms with Gasteiger partial charge in [-0.1, -0.05) is 29.8 Å². The van der Waals surface area contributed by atoms with Gasteiger partial charge in [0.25, 0.3) is 0 Å². The summed E-state index contributed by atoms with van der Waals surface area (Å²) >= 11 is 0. The van der Waals surface area contributed by atoms with Crippen LogP contribution >= 0.6 is 0 Å². The molecule has 0 aliphatic carbocycles. The zero-order valence-corrected chi connectivity index (χ0v) is 8.04. The zero-order valence-electron chi connectivity index (χ0n) is 8.04. The van der Waals surface area contributed by atoms with E-state index in [1.165, 1.54) is 11.1 Å². The van der Waals surface area contributed by atoms with E-state index in [9.17, 15) is 0 Å². The molecule has 0 heterocycles. The molecule has 0 aliphatic heterocycles. The molecule has 1 N–H and O–H groups in total. The van der Waals surface area contributed by atoms with Crippen LogP contribution in [0.2, 0.25) is 0 Å². The highest BCUT2D eigenvalue weighted by molar-refractivity contribution is 5.23. The fourth-order valence-corrected chi connectivity index (χ4v) is 1.17. The number of likely N-dealkylation sites (N-methyl/N-ethyl adjacent to an activating group) is 1. The van der Waals surface area contributed by atoms with Crippen molar-refractivity contribution in [1.82, 2.24) is 5.32 Å². The molecule has 0 fully saturated rings. The van der Waals surface area contributed by atoms with Crippen LogP contribution in [-0.4, -0.2) is 13.1 Å². The summed E-state index contributed by atoms with van der Waals surface area (Å²) in [6, 6.07) is 10.4. The van der Waals surface area contributed by atoms with Crippen LogP contribution < -0.4 is 5.32 Å². The van der Waals surface area contributed by atoms with Gasteiger partial charge >= 0.3 is 0 Å². The predicted molar refractivity (Wildman–Crippen MR) is 53.3 cm³/mol. The molecule has 1 atom stereocenters. The molecule has 0 radical (unpaired) electrons. The van der Waals surface area contributed by atoms with Gasteiger partial charge in [0.05, 0.1) is 12.1 Å². The molecule has 1 rings (SSSR count). The molecular formula is C11H14N2. The Hall–Kier alpha value is -1.33. The van der Waals surface area contributed by atoms with Gasteiger partial charge in [0, 0.05) is 6.42 Å². The molecule has 0 saturated carbocycles. The maximum absolute atomic E-state index is 8.73. The number of nitrogens with one attached hydrogen (secondary N) is 1. The quantitative estimate of drug-likeness (QED) is 0.756. The van der Waals surface area contributed by atoms with Gasteiger partial charge in [-0.15, -0.1) is 0 Å². The van der Waals surface area contributed by atoms with Crippen molar-refractivity contribution in [3.8, 4) is 6.07 Å². The summed E-state index contributed by atoms with van der Waals surface area (Å²) in [7, 11) is 1.81. The number of aryl methyl sites for hydroxylation is 1. The fraction of sp³-hybridized carbons (Fsp3) is 0.364. The van der Waals surface area contributed by atoms with Gasteiger partial charge in [0.2, 0.25) is 0 Å². The minimum Gasteiger partial charge on any atom is -0.305 e. The van der Waals surface area contributed by atoms with E-state index < -0.39 is 0 Å². The van der Waals surface area contributed by atoms with Gasteiger partial charge in [-0.2, -0.15) is 5.26 Å². The summed E-state index contributed by atoms with van der Waals surface area (Å²) in [6.45, 7) is 2.06. The average molecular weight is 174 g/mol. The number of nitrogens with zero attached hydrogens (tertiary/aromatic N) is 1. The molecule has 0 spiro atoms. The Morgan fingerprint density at radius 1 is 1.38 bits per heavy atom. The van der Waals surface area contributed by atoms with Gasteiger partial charge in [-0.05, 0) is 19.5 Å². The molecule has 0 aromatic heterocycles. The van der Waals surface area contributed by atoms with E-state index in [0.29, 0.717) is 0 Å². The van der Waals surface area contributed by atoms with Crippen LogP contribution in [0.3, 0.4) is 0 Å². The highest BCUT2D eigenvalue weighted by atomic mass is 14.9. The van der Waals surface area contributed by atoms with Crippen LogP contribution in [-0.2, 0) is 6.42 Å². The van der Waals surface area contributed by atoms with Crippen LogP contribution in [0.25, 0.3) is 0 Å². The third kappa shape index (κ3) is 2.89. The summed E-state index contributed by atoms with van der Waals surface area (Å²) in [6.07, 6.45) is 0.771. The Labute approximate surface area is 79.2 Å². The van der Waals surface area contributed by atoms with Gasteiger partial charge in [-0.3, -0.25) is 0 Å². The first-order chi connectivity index (χ1) is 6.26. The van der Waals surface area contributed by atoms with Crippen molar-refractivity contribution in [2.45, 2.75) is 19.4 Å². The Morgan fingerprint density at radius 2 is 2.00 bits per heavy atom. The summed E-state index contributed by atoms with van der Waals surface area (Å²) in [5.74, 6) is 0. The Balaban J connectivity index is 2.64. The van der Waals surface area contributed by atoms with Crippen molar-refractivity contribution < 1.29 is 0 Å². The average Bonchev–Trinajstić information content (AvgIpc) is 2.17. The van der Waals surface area contributed by atoms with Crippen LogP contribution in [0, 0.1) is 18.3 Å². The monoisotopic (exact) mass is 174 g/mol. The fourth-order valence-electron chi connectivity index (χ4n) is 1.17. The van der Waals surface area contributed by atoms with Gasteiger partial charge in [0.1, 0.15) is 0 Å². The molecule has 0 saturated heterocycles. The second kappa shape index (κ2) is 4.64. The summed E-state index contributed by atoms with van der Waals surface area (Å²) in [5, 5.41) is 11.7. The standard InChI is InChI=1S/C11H14N2/c1-9-3-5-10(6-4-9)7-11(8-12)13-2/h3-6,11,13H,7H2,1-2H3. The van der Waals surface area contributed by atoms with Crippen molar-refractivity contribution in [3.05, 3.63) is 35.4 Å². The van der Waals surface area contributed by atoms with Crippen LogP contribution in [0.4, 0.5) is 0 Å². The van der Waals surface area contributed by atoms with E-state index in [4.69, 9.17) is 5.26 Å². The van der Waals surface area contributed by atoms with Crippen molar-refractivity contribution in [2.75, 3.05) is 7.05 Å². The van der Waals surface area contributed by atoms with Crippen LogP contribution in [0.1, 0.15) is 11.1 Å². The molecular weight excluding hydrogens is 160 g/mol. The lowest BCUT2D eigenvalue weighted by atomic mass is 10.1. The van der Waals surface area contributed by atoms with E-state index in [2.05, 4.69) is 42.6 Å². The molecule has 0 amide bonds.